The molecule has 0 radical (unpaired) electrons. The number of hydrogen-bond acceptors (Lipinski definition) is 4. The first-order valence-electron chi connectivity index (χ1n) is 7.15. The van der Waals surface area contributed by atoms with Gasteiger partial charge in [0.1, 0.15) is 18.1 Å². The van der Waals surface area contributed by atoms with Gasteiger partial charge in [-0.3, -0.25) is 4.99 Å². The van der Waals surface area contributed by atoms with Gasteiger partial charge in [0.2, 0.25) is 0 Å². The first kappa shape index (κ1) is 21.0. The van der Waals surface area contributed by atoms with Crippen LogP contribution >= 0.6 is 51.2 Å². The minimum Gasteiger partial charge on any atom is -0.497 e. The average Bonchev–Trinajstić information content (AvgIpc) is 3.00. The van der Waals surface area contributed by atoms with Crippen LogP contribution in [0, 0.1) is 0 Å². The van der Waals surface area contributed by atoms with Crippen molar-refractivity contribution in [3.8, 4) is 11.5 Å². The van der Waals surface area contributed by atoms with E-state index in [0.717, 1.165) is 28.5 Å². The predicted octanol–water partition coefficient (Wildman–Crippen LogP) is 3.88. The molecule has 2 N–H and O–H groups in total. The summed E-state index contributed by atoms with van der Waals surface area (Å²) in [7, 11) is 3.40. The highest BCUT2D eigenvalue weighted by Crippen LogP contribution is 2.19. The normalized spacial score (nSPS) is 10.7. The lowest BCUT2D eigenvalue weighted by atomic mass is 10.3. The summed E-state index contributed by atoms with van der Waals surface area (Å²) in [5.41, 5.74) is 0. The third-order valence-electron chi connectivity index (χ3n) is 3.00. The van der Waals surface area contributed by atoms with E-state index < -0.39 is 0 Å². The summed E-state index contributed by atoms with van der Waals surface area (Å²) in [6.45, 7) is 1.96. The Kier molecular flexibility index (Phi) is 10.1. The van der Waals surface area contributed by atoms with Gasteiger partial charge >= 0.3 is 0 Å². The number of thiophene rings is 1. The SMILES string of the molecule is CN=C(NCCOc1ccc(OC)cc1)NCc1cc(Br)cs1.I. The maximum atomic E-state index is 5.66. The van der Waals surface area contributed by atoms with Crippen LogP contribution in [0.1, 0.15) is 4.88 Å². The van der Waals surface area contributed by atoms with Crippen LogP contribution < -0.4 is 20.1 Å². The lowest BCUT2D eigenvalue weighted by molar-refractivity contribution is 0.321. The Morgan fingerprint density at radius 3 is 2.50 bits per heavy atom. The van der Waals surface area contributed by atoms with Crippen molar-refractivity contribution in [2.75, 3.05) is 27.3 Å². The zero-order chi connectivity index (χ0) is 16.5. The molecular formula is C16H21BrIN3O2S. The minimum absolute atomic E-state index is 0. The summed E-state index contributed by atoms with van der Waals surface area (Å²) in [6, 6.07) is 9.63. The summed E-state index contributed by atoms with van der Waals surface area (Å²) in [5.74, 6) is 2.40. The van der Waals surface area contributed by atoms with E-state index in [-0.39, 0.29) is 24.0 Å². The lowest BCUT2D eigenvalue weighted by Crippen LogP contribution is -2.38. The Hall–Kier alpha value is -1.000. The molecule has 2 aromatic rings. The number of halogens is 2. The standard InChI is InChI=1S/C16H20BrN3O2S.HI/c1-18-16(20-10-15-9-12(17)11-23-15)19-7-8-22-14-5-3-13(21-2)4-6-14;/h3-6,9,11H,7-8,10H2,1-2H3,(H2,18,19,20);1H. The smallest absolute Gasteiger partial charge is 0.191 e. The van der Waals surface area contributed by atoms with Gasteiger partial charge in [-0.25, -0.2) is 0 Å². The fraction of sp³-hybridized carbons (Fsp3) is 0.312. The van der Waals surface area contributed by atoms with Crippen molar-refractivity contribution in [3.05, 3.63) is 45.1 Å². The van der Waals surface area contributed by atoms with Gasteiger partial charge in [-0.05, 0) is 46.3 Å². The number of nitrogens with zero attached hydrogens (tertiary/aromatic N) is 1. The Bertz CT molecular complexity index is 635. The molecule has 0 atom stereocenters. The molecule has 0 spiro atoms. The van der Waals surface area contributed by atoms with Gasteiger partial charge in [0, 0.05) is 21.8 Å². The second-order valence-corrected chi connectivity index (χ2v) is 6.52. The second kappa shape index (κ2) is 11.5. The van der Waals surface area contributed by atoms with Gasteiger partial charge in [-0.15, -0.1) is 35.3 Å². The van der Waals surface area contributed by atoms with Gasteiger partial charge in [0.25, 0.3) is 0 Å². The number of methoxy groups -OCH3 is 1. The van der Waals surface area contributed by atoms with Gasteiger partial charge in [0.05, 0.1) is 20.2 Å². The zero-order valence-electron chi connectivity index (χ0n) is 13.5. The van der Waals surface area contributed by atoms with Crippen molar-refractivity contribution in [1.29, 1.82) is 0 Å². The van der Waals surface area contributed by atoms with E-state index in [1.165, 1.54) is 4.88 Å². The zero-order valence-corrected chi connectivity index (χ0v) is 18.3. The molecule has 0 bridgehead atoms. The van der Waals surface area contributed by atoms with Crippen molar-refractivity contribution in [1.82, 2.24) is 10.6 Å². The highest BCUT2D eigenvalue weighted by atomic mass is 127. The minimum atomic E-state index is 0. The fourth-order valence-corrected chi connectivity index (χ4v) is 3.24. The molecule has 1 aromatic carbocycles. The number of ether oxygens (including phenoxy) is 2. The van der Waals surface area contributed by atoms with Crippen LogP contribution in [0.2, 0.25) is 0 Å². The third kappa shape index (κ3) is 7.27. The molecule has 0 unspecified atom stereocenters. The van der Waals surface area contributed by atoms with E-state index in [2.05, 4.69) is 43.0 Å². The van der Waals surface area contributed by atoms with E-state index >= 15 is 0 Å². The highest BCUT2D eigenvalue weighted by molar-refractivity contribution is 14.0. The Morgan fingerprint density at radius 2 is 1.92 bits per heavy atom. The molecule has 8 heteroatoms. The monoisotopic (exact) mass is 525 g/mol. The van der Waals surface area contributed by atoms with Crippen LogP contribution in [0.5, 0.6) is 11.5 Å². The number of nitrogens with one attached hydrogen (secondary N) is 2. The van der Waals surface area contributed by atoms with Gasteiger partial charge < -0.3 is 20.1 Å². The van der Waals surface area contributed by atoms with Crippen LogP contribution in [0.15, 0.2) is 45.2 Å². The van der Waals surface area contributed by atoms with Crippen LogP contribution in [0.4, 0.5) is 0 Å². The molecule has 132 valence electrons. The topological polar surface area (TPSA) is 54.9 Å². The van der Waals surface area contributed by atoms with E-state index in [9.17, 15) is 0 Å². The fourth-order valence-electron chi connectivity index (χ4n) is 1.85. The molecule has 0 amide bonds. The first-order valence-corrected chi connectivity index (χ1v) is 8.83. The van der Waals surface area contributed by atoms with E-state index in [1.807, 2.05) is 24.3 Å². The maximum Gasteiger partial charge on any atom is 0.191 e. The molecule has 0 aliphatic rings. The number of benzene rings is 1. The summed E-state index contributed by atoms with van der Waals surface area (Å²) >= 11 is 5.15. The summed E-state index contributed by atoms with van der Waals surface area (Å²) in [4.78, 5) is 5.44. The molecule has 1 heterocycles. The Labute approximate surface area is 172 Å². The van der Waals surface area contributed by atoms with Crippen molar-refractivity contribution in [3.63, 3.8) is 0 Å². The summed E-state index contributed by atoms with van der Waals surface area (Å²) in [5, 5.41) is 8.56. The highest BCUT2D eigenvalue weighted by Gasteiger charge is 2.01. The van der Waals surface area contributed by atoms with Gasteiger partial charge in [0.15, 0.2) is 5.96 Å². The molecule has 0 saturated carbocycles. The maximum absolute atomic E-state index is 5.66. The third-order valence-corrected chi connectivity index (χ3v) is 4.70. The Balaban J connectivity index is 0.00000288. The largest absolute Gasteiger partial charge is 0.497 e. The molecule has 5 nitrogen and oxygen atoms in total. The predicted molar refractivity (Wildman–Crippen MR) is 114 cm³/mol. The van der Waals surface area contributed by atoms with Gasteiger partial charge in [-0.2, -0.15) is 0 Å². The van der Waals surface area contributed by atoms with Crippen LogP contribution in [-0.2, 0) is 6.54 Å². The van der Waals surface area contributed by atoms with Crippen molar-refractivity contribution in [2.24, 2.45) is 4.99 Å². The molecule has 0 aliphatic heterocycles. The van der Waals surface area contributed by atoms with E-state index in [0.29, 0.717) is 13.2 Å². The van der Waals surface area contributed by atoms with E-state index in [1.54, 1.807) is 25.5 Å². The molecule has 0 fully saturated rings. The molecule has 1 aromatic heterocycles. The average molecular weight is 526 g/mol. The summed E-state index contributed by atoms with van der Waals surface area (Å²) < 4.78 is 11.9. The van der Waals surface area contributed by atoms with E-state index in [4.69, 9.17) is 9.47 Å². The number of hydrogen-bond donors (Lipinski definition) is 2. The number of guanidine groups is 1. The molecule has 24 heavy (non-hydrogen) atoms. The number of aliphatic imine (C=N–C) groups is 1. The molecule has 0 aliphatic carbocycles. The van der Waals surface area contributed by atoms with Gasteiger partial charge in [-0.1, -0.05) is 0 Å². The quantitative estimate of drug-likeness (QED) is 0.249. The van der Waals surface area contributed by atoms with Crippen molar-refractivity contribution in [2.45, 2.75) is 6.54 Å². The molecule has 2 rings (SSSR count). The van der Waals surface area contributed by atoms with Crippen molar-refractivity contribution >= 4 is 57.2 Å². The second-order valence-electron chi connectivity index (χ2n) is 4.61. The number of rotatable bonds is 7. The van der Waals surface area contributed by atoms with Crippen LogP contribution in [0.3, 0.4) is 0 Å². The van der Waals surface area contributed by atoms with Crippen LogP contribution in [0.25, 0.3) is 0 Å². The summed E-state index contributed by atoms with van der Waals surface area (Å²) in [6.07, 6.45) is 0. The first-order chi connectivity index (χ1) is 11.2. The lowest BCUT2D eigenvalue weighted by Gasteiger charge is -2.12. The Morgan fingerprint density at radius 1 is 1.21 bits per heavy atom. The molecular weight excluding hydrogens is 505 g/mol. The van der Waals surface area contributed by atoms with Crippen LogP contribution in [-0.4, -0.2) is 33.3 Å². The molecule has 0 saturated heterocycles. The van der Waals surface area contributed by atoms with Crippen molar-refractivity contribution < 1.29 is 9.47 Å².